The minimum absolute atomic E-state index is 0.0818. The lowest BCUT2D eigenvalue weighted by atomic mass is 9.90. The number of amides is 1. The van der Waals surface area contributed by atoms with E-state index in [1.807, 2.05) is 5.32 Å². The zero-order valence-corrected chi connectivity index (χ0v) is 12.6. The Hall–Kier alpha value is -3.01. The maximum atomic E-state index is 14.1. The number of halogens is 3. The van der Waals surface area contributed by atoms with Gasteiger partial charge in [-0.05, 0) is 19.1 Å². The van der Waals surface area contributed by atoms with Crippen LogP contribution in [0.25, 0.3) is 0 Å². The van der Waals surface area contributed by atoms with Crippen LogP contribution in [-0.2, 0) is 10.5 Å². The molecule has 4 nitrogen and oxygen atoms in total. The molecule has 2 heterocycles. The topological polar surface area (TPSA) is 56.1 Å². The minimum Gasteiger partial charge on any atom is -0.317 e. The first kappa shape index (κ1) is 15.9. The van der Waals surface area contributed by atoms with Crippen molar-refractivity contribution in [1.29, 1.82) is 5.26 Å². The monoisotopic (exact) mass is 331 g/mol. The summed E-state index contributed by atoms with van der Waals surface area (Å²) in [7, 11) is 0. The van der Waals surface area contributed by atoms with E-state index in [2.05, 4.69) is 0 Å². The van der Waals surface area contributed by atoms with Crippen LogP contribution >= 0.6 is 0 Å². The summed E-state index contributed by atoms with van der Waals surface area (Å²) in [5, 5.41) is 11.1. The number of carbonyl (C=O) groups is 1. The smallest absolute Gasteiger partial charge is 0.317 e. The van der Waals surface area contributed by atoms with Gasteiger partial charge in [0, 0.05) is 11.8 Å². The quantitative estimate of drug-likeness (QED) is 0.861. The highest BCUT2D eigenvalue weighted by Crippen LogP contribution is 2.47. The molecule has 0 fully saturated rings. The molecule has 0 saturated heterocycles. The zero-order chi connectivity index (χ0) is 17.5. The van der Waals surface area contributed by atoms with E-state index >= 15 is 0 Å². The number of carbonyl (C=O) groups excluding carboxylic acids is 1. The van der Waals surface area contributed by atoms with Crippen LogP contribution in [-0.4, -0.2) is 17.0 Å². The molecule has 3 rings (SSSR count). The average molecular weight is 331 g/mol. The lowest BCUT2D eigenvalue weighted by Crippen LogP contribution is -2.67. The largest absolute Gasteiger partial charge is 0.435 e. The van der Waals surface area contributed by atoms with E-state index in [9.17, 15) is 18.0 Å². The zero-order valence-electron chi connectivity index (χ0n) is 12.6. The van der Waals surface area contributed by atoms with Gasteiger partial charge in [-0.1, -0.05) is 35.9 Å². The predicted molar refractivity (Wildman–Crippen MR) is 79.8 cm³/mol. The minimum atomic E-state index is -4.82. The standard InChI is InChI=1S/C17H12F3N3O/c1-11-5-7-12(8-6-11)16(17(18,19)20)22-15(24)13(10-21)14-4-2-3-9-23(14)16/h2-9H,1H3,(H,22,24)/t16-/m1/s1. The third-order valence-electron chi connectivity index (χ3n) is 3.99. The first-order valence-corrected chi connectivity index (χ1v) is 7.06. The fraction of sp³-hybridized carbons (Fsp3) is 0.176. The maximum absolute atomic E-state index is 14.1. The van der Waals surface area contributed by atoms with Gasteiger partial charge in [-0.3, -0.25) is 4.79 Å². The Morgan fingerprint density at radius 1 is 1.21 bits per heavy atom. The van der Waals surface area contributed by atoms with Crippen LogP contribution in [0.4, 0.5) is 13.2 Å². The van der Waals surface area contributed by atoms with Crippen LogP contribution in [0, 0.1) is 18.3 Å². The molecule has 122 valence electrons. The lowest BCUT2D eigenvalue weighted by Gasteiger charge is -2.48. The fourth-order valence-electron chi connectivity index (χ4n) is 2.83. The fourth-order valence-corrected chi connectivity index (χ4v) is 2.83. The van der Waals surface area contributed by atoms with Crippen LogP contribution in [0.3, 0.4) is 0 Å². The maximum Gasteiger partial charge on any atom is 0.435 e. The van der Waals surface area contributed by atoms with Gasteiger partial charge in [0.25, 0.3) is 5.91 Å². The average Bonchev–Trinajstić information content (AvgIpc) is 2.54. The van der Waals surface area contributed by atoms with Crippen molar-refractivity contribution in [3.8, 4) is 6.07 Å². The Bertz CT molecular complexity index is 828. The molecule has 0 spiro atoms. The van der Waals surface area contributed by atoms with E-state index in [1.54, 1.807) is 25.1 Å². The van der Waals surface area contributed by atoms with Crippen LogP contribution < -0.4 is 5.32 Å². The molecular weight excluding hydrogens is 319 g/mol. The Labute approximate surface area is 136 Å². The van der Waals surface area contributed by atoms with Crippen molar-refractivity contribution in [2.75, 3.05) is 0 Å². The molecule has 24 heavy (non-hydrogen) atoms. The van der Waals surface area contributed by atoms with Crippen LogP contribution in [0.5, 0.6) is 0 Å². The molecule has 1 amide bonds. The predicted octanol–water partition coefficient (Wildman–Crippen LogP) is 3.00. The Balaban J connectivity index is 2.32. The molecule has 1 aromatic carbocycles. The van der Waals surface area contributed by atoms with E-state index in [0.717, 1.165) is 10.5 Å². The van der Waals surface area contributed by atoms with E-state index < -0.39 is 17.7 Å². The molecule has 0 aliphatic carbocycles. The van der Waals surface area contributed by atoms with Crippen LogP contribution in [0.1, 0.15) is 11.1 Å². The Morgan fingerprint density at radius 2 is 1.88 bits per heavy atom. The Morgan fingerprint density at radius 3 is 2.46 bits per heavy atom. The summed E-state index contributed by atoms with van der Waals surface area (Å²) < 4.78 is 42.4. The van der Waals surface area contributed by atoms with Gasteiger partial charge in [0.05, 0.1) is 5.70 Å². The summed E-state index contributed by atoms with van der Waals surface area (Å²) in [5.74, 6) is -1.05. The van der Waals surface area contributed by atoms with Gasteiger partial charge in [-0.15, -0.1) is 0 Å². The van der Waals surface area contributed by atoms with E-state index in [4.69, 9.17) is 5.26 Å². The molecule has 2 aliphatic rings. The van der Waals surface area contributed by atoms with Gasteiger partial charge < -0.3 is 10.2 Å². The second kappa shape index (κ2) is 5.27. The molecule has 1 N–H and O–H groups in total. The highest BCUT2D eigenvalue weighted by atomic mass is 19.4. The molecule has 1 aromatic rings. The summed E-state index contributed by atoms with van der Waals surface area (Å²) in [6.07, 6.45) is 0.619. The van der Waals surface area contributed by atoms with Crippen molar-refractivity contribution < 1.29 is 18.0 Å². The third kappa shape index (κ3) is 2.11. The number of benzene rings is 1. The molecule has 1 atom stereocenters. The van der Waals surface area contributed by atoms with Crippen molar-refractivity contribution in [2.45, 2.75) is 18.8 Å². The summed E-state index contributed by atoms with van der Waals surface area (Å²) in [6, 6.07) is 7.41. The molecule has 0 unspecified atom stereocenters. The van der Waals surface area contributed by atoms with Crippen molar-refractivity contribution in [3.05, 3.63) is 71.1 Å². The van der Waals surface area contributed by atoms with E-state index in [1.165, 1.54) is 36.6 Å². The van der Waals surface area contributed by atoms with Gasteiger partial charge in [0.15, 0.2) is 0 Å². The molecule has 0 bridgehead atoms. The summed E-state index contributed by atoms with van der Waals surface area (Å²) in [4.78, 5) is 13.1. The van der Waals surface area contributed by atoms with Gasteiger partial charge in [-0.25, -0.2) is 0 Å². The summed E-state index contributed by atoms with van der Waals surface area (Å²) in [6.45, 7) is 1.76. The molecule has 7 heteroatoms. The number of allylic oxidation sites excluding steroid dienone is 3. The molecule has 2 aliphatic heterocycles. The second-order valence-electron chi connectivity index (χ2n) is 5.47. The summed E-state index contributed by atoms with van der Waals surface area (Å²) in [5.41, 5.74) is -2.55. The van der Waals surface area contributed by atoms with Crippen molar-refractivity contribution >= 4 is 5.91 Å². The second-order valence-corrected chi connectivity index (χ2v) is 5.47. The number of hydrogen-bond donors (Lipinski definition) is 1. The van der Waals surface area contributed by atoms with Gasteiger partial charge >= 0.3 is 6.18 Å². The number of nitrogens with one attached hydrogen (secondary N) is 1. The van der Waals surface area contributed by atoms with Gasteiger partial charge in [0.2, 0.25) is 5.66 Å². The first-order valence-electron chi connectivity index (χ1n) is 7.06. The van der Waals surface area contributed by atoms with E-state index in [-0.39, 0.29) is 16.8 Å². The van der Waals surface area contributed by atoms with Gasteiger partial charge in [-0.2, -0.15) is 18.4 Å². The summed E-state index contributed by atoms with van der Waals surface area (Å²) >= 11 is 0. The van der Waals surface area contributed by atoms with E-state index in [0.29, 0.717) is 0 Å². The number of rotatable bonds is 1. The van der Waals surface area contributed by atoms with Crippen molar-refractivity contribution in [1.82, 2.24) is 10.2 Å². The third-order valence-corrected chi connectivity index (χ3v) is 3.99. The Kier molecular flexibility index (Phi) is 3.48. The van der Waals surface area contributed by atoms with Crippen molar-refractivity contribution in [3.63, 3.8) is 0 Å². The van der Waals surface area contributed by atoms with Crippen LogP contribution in [0.15, 0.2) is 60.0 Å². The number of nitriles is 1. The SMILES string of the molecule is Cc1ccc([C@@]2(C(F)(F)F)NC(=O)C(C#N)=C3C=CC=CN32)cc1. The molecule has 0 saturated carbocycles. The highest BCUT2D eigenvalue weighted by Gasteiger charge is 2.63. The van der Waals surface area contributed by atoms with Gasteiger partial charge in [0.1, 0.15) is 11.6 Å². The number of aryl methyl sites for hydroxylation is 1. The molecule has 0 radical (unpaired) electrons. The lowest BCUT2D eigenvalue weighted by molar-refractivity contribution is -0.237. The number of fused-ring (bicyclic) bond motifs is 1. The number of nitrogens with zero attached hydrogens (tertiary/aromatic N) is 2. The molecule has 0 aromatic heterocycles. The van der Waals surface area contributed by atoms with Crippen molar-refractivity contribution in [2.24, 2.45) is 0 Å². The van der Waals surface area contributed by atoms with Crippen LogP contribution in [0.2, 0.25) is 0 Å². The normalized spacial score (nSPS) is 23.0. The first-order chi connectivity index (χ1) is 11.3. The highest BCUT2D eigenvalue weighted by molar-refractivity contribution is 6.00. The number of hydrogen-bond acceptors (Lipinski definition) is 3. The molecular formula is C17H12F3N3O. The number of alkyl halides is 3.